The van der Waals surface area contributed by atoms with Crippen LogP contribution in [0.15, 0.2) is 29.9 Å². The molecule has 4 heteroatoms. The Morgan fingerprint density at radius 1 is 1.31 bits per heavy atom. The molecule has 2 aromatic heterocycles. The molecule has 0 spiro atoms. The van der Waals surface area contributed by atoms with Crippen LogP contribution in [0.2, 0.25) is 0 Å². The zero-order valence-electron chi connectivity index (χ0n) is 7.10. The third-order valence-electron chi connectivity index (χ3n) is 1.63. The highest BCUT2D eigenvalue weighted by Gasteiger charge is 2.02. The van der Waals surface area contributed by atoms with Crippen LogP contribution in [0.5, 0.6) is 5.19 Å². The zero-order chi connectivity index (χ0) is 9.10. The molecule has 0 fully saturated rings. The van der Waals surface area contributed by atoms with Gasteiger partial charge in [0.05, 0.1) is 12.8 Å². The van der Waals surface area contributed by atoms with Crippen molar-refractivity contribution in [3.63, 3.8) is 0 Å². The third kappa shape index (κ3) is 1.67. The number of methoxy groups -OCH3 is 1. The van der Waals surface area contributed by atoms with Crippen LogP contribution >= 0.6 is 11.3 Å². The molecule has 0 bridgehead atoms. The molecule has 0 aliphatic carbocycles. The fraction of sp³-hybridized carbons (Fsp3) is 0.111. The lowest BCUT2D eigenvalue weighted by Gasteiger charge is -1.93. The van der Waals surface area contributed by atoms with Crippen molar-refractivity contribution in [1.82, 2.24) is 9.97 Å². The van der Waals surface area contributed by atoms with E-state index in [4.69, 9.17) is 4.74 Å². The highest BCUT2D eigenvalue weighted by atomic mass is 32.1. The summed E-state index contributed by atoms with van der Waals surface area (Å²) >= 11 is 1.49. The average Bonchev–Trinajstić information content (AvgIpc) is 2.67. The third-order valence-corrected chi connectivity index (χ3v) is 2.43. The van der Waals surface area contributed by atoms with E-state index >= 15 is 0 Å². The van der Waals surface area contributed by atoms with Crippen LogP contribution in [0, 0.1) is 0 Å². The lowest BCUT2D eigenvalue weighted by atomic mass is 10.2. The lowest BCUT2D eigenvalue weighted by Crippen LogP contribution is -1.81. The number of pyridine rings is 1. The number of hydrogen-bond donors (Lipinski definition) is 0. The molecule has 0 amide bonds. The van der Waals surface area contributed by atoms with E-state index in [1.807, 2.05) is 17.5 Å². The van der Waals surface area contributed by atoms with E-state index in [1.165, 1.54) is 11.3 Å². The standard InChI is InChI=1S/C9H8N2OS/c1-12-9-11-8(6-13-9)7-2-4-10-5-3-7/h2-6H,1H3. The predicted octanol–water partition coefficient (Wildman–Crippen LogP) is 2.21. The summed E-state index contributed by atoms with van der Waals surface area (Å²) in [5.41, 5.74) is 2.00. The Bertz CT molecular complexity index is 386. The second-order valence-electron chi connectivity index (χ2n) is 2.44. The van der Waals surface area contributed by atoms with Gasteiger partial charge in [-0.1, -0.05) is 11.3 Å². The molecule has 0 aliphatic heterocycles. The van der Waals surface area contributed by atoms with Gasteiger partial charge >= 0.3 is 0 Å². The van der Waals surface area contributed by atoms with Gasteiger partial charge in [0.1, 0.15) is 0 Å². The second kappa shape index (κ2) is 3.53. The van der Waals surface area contributed by atoms with Crippen molar-refractivity contribution in [2.75, 3.05) is 7.11 Å². The number of nitrogens with zero attached hydrogens (tertiary/aromatic N) is 2. The van der Waals surface area contributed by atoms with Gasteiger partial charge in [-0.25, -0.2) is 4.98 Å². The molecular weight excluding hydrogens is 184 g/mol. The van der Waals surface area contributed by atoms with E-state index in [-0.39, 0.29) is 0 Å². The molecule has 0 aromatic carbocycles. The topological polar surface area (TPSA) is 35.0 Å². The SMILES string of the molecule is COc1nc(-c2ccncc2)cs1. The highest BCUT2D eigenvalue weighted by molar-refractivity contribution is 7.11. The first kappa shape index (κ1) is 8.19. The Hall–Kier alpha value is -1.42. The molecule has 0 saturated carbocycles. The van der Waals surface area contributed by atoms with Crippen molar-refractivity contribution in [1.29, 1.82) is 0 Å². The van der Waals surface area contributed by atoms with E-state index in [2.05, 4.69) is 9.97 Å². The molecule has 2 rings (SSSR count). The van der Waals surface area contributed by atoms with Crippen molar-refractivity contribution >= 4 is 11.3 Å². The Morgan fingerprint density at radius 2 is 2.08 bits per heavy atom. The number of aromatic nitrogens is 2. The zero-order valence-corrected chi connectivity index (χ0v) is 7.91. The molecule has 66 valence electrons. The smallest absolute Gasteiger partial charge is 0.273 e. The molecule has 0 N–H and O–H groups in total. The number of rotatable bonds is 2. The molecule has 0 saturated heterocycles. The molecule has 0 atom stereocenters. The minimum Gasteiger partial charge on any atom is -0.473 e. The summed E-state index contributed by atoms with van der Waals surface area (Å²) in [5, 5.41) is 2.65. The van der Waals surface area contributed by atoms with Crippen LogP contribution in [-0.2, 0) is 0 Å². The van der Waals surface area contributed by atoms with Crippen LogP contribution in [-0.4, -0.2) is 17.1 Å². The van der Waals surface area contributed by atoms with Crippen molar-refractivity contribution < 1.29 is 4.74 Å². The molecule has 0 radical (unpaired) electrons. The maximum atomic E-state index is 5.01. The largest absolute Gasteiger partial charge is 0.473 e. The number of thiazole rings is 1. The van der Waals surface area contributed by atoms with Gasteiger partial charge < -0.3 is 4.74 Å². The summed E-state index contributed by atoms with van der Waals surface area (Å²) in [7, 11) is 1.62. The van der Waals surface area contributed by atoms with Crippen molar-refractivity contribution in [3.8, 4) is 16.5 Å². The minimum atomic E-state index is 0.687. The van der Waals surface area contributed by atoms with Gasteiger partial charge in [0, 0.05) is 23.3 Å². The molecule has 0 aliphatic rings. The normalized spacial score (nSPS) is 9.92. The van der Waals surface area contributed by atoms with Gasteiger partial charge in [-0.2, -0.15) is 0 Å². The lowest BCUT2D eigenvalue weighted by molar-refractivity contribution is 0.412. The molecular formula is C9H8N2OS. The van der Waals surface area contributed by atoms with Crippen LogP contribution in [0.25, 0.3) is 11.3 Å². The summed E-state index contributed by atoms with van der Waals surface area (Å²) < 4.78 is 5.01. The number of hydrogen-bond acceptors (Lipinski definition) is 4. The van der Waals surface area contributed by atoms with E-state index in [9.17, 15) is 0 Å². The second-order valence-corrected chi connectivity index (χ2v) is 3.26. The Morgan fingerprint density at radius 3 is 2.69 bits per heavy atom. The quantitative estimate of drug-likeness (QED) is 0.731. The Balaban J connectivity index is 2.36. The van der Waals surface area contributed by atoms with E-state index < -0.39 is 0 Å². The Labute approximate surface area is 80.0 Å². The predicted molar refractivity (Wildman–Crippen MR) is 51.9 cm³/mol. The van der Waals surface area contributed by atoms with Gasteiger partial charge in [0.25, 0.3) is 5.19 Å². The van der Waals surface area contributed by atoms with Crippen molar-refractivity contribution in [2.24, 2.45) is 0 Å². The summed E-state index contributed by atoms with van der Waals surface area (Å²) in [6.07, 6.45) is 3.50. The van der Waals surface area contributed by atoms with Crippen LogP contribution in [0.3, 0.4) is 0 Å². The fourth-order valence-electron chi connectivity index (χ4n) is 1.01. The van der Waals surface area contributed by atoms with E-state index in [0.717, 1.165) is 11.3 Å². The first-order chi connectivity index (χ1) is 6.40. The highest BCUT2D eigenvalue weighted by Crippen LogP contribution is 2.25. The maximum absolute atomic E-state index is 5.01. The van der Waals surface area contributed by atoms with Crippen LogP contribution < -0.4 is 4.74 Å². The molecule has 0 unspecified atom stereocenters. The first-order valence-corrected chi connectivity index (χ1v) is 4.68. The van der Waals surface area contributed by atoms with Crippen LogP contribution in [0.4, 0.5) is 0 Å². The molecule has 2 aromatic rings. The minimum absolute atomic E-state index is 0.687. The van der Waals surface area contributed by atoms with Crippen molar-refractivity contribution in [2.45, 2.75) is 0 Å². The van der Waals surface area contributed by atoms with Crippen molar-refractivity contribution in [3.05, 3.63) is 29.9 Å². The first-order valence-electron chi connectivity index (χ1n) is 3.80. The van der Waals surface area contributed by atoms with E-state index in [0.29, 0.717) is 5.19 Å². The molecule has 2 heterocycles. The molecule has 3 nitrogen and oxygen atoms in total. The summed E-state index contributed by atoms with van der Waals surface area (Å²) in [6, 6.07) is 3.85. The van der Waals surface area contributed by atoms with Crippen LogP contribution in [0.1, 0.15) is 0 Å². The summed E-state index contributed by atoms with van der Waals surface area (Å²) in [6.45, 7) is 0. The summed E-state index contributed by atoms with van der Waals surface area (Å²) in [4.78, 5) is 8.21. The average molecular weight is 192 g/mol. The summed E-state index contributed by atoms with van der Waals surface area (Å²) in [5.74, 6) is 0. The van der Waals surface area contributed by atoms with Gasteiger partial charge in [-0.05, 0) is 12.1 Å². The monoisotopic (exact) mass is 192 g/mol. The van der Waals surface area contributed by atoms with Gasteiger partial charge in [-0.3, -0.25) is 4.98 Å². The van der Waals surface area contributed by atoms with E-state index in [1.54, 1.807) is 19.5 Å². The molecule has 13 heavy (non-hydrogen) atoms. The Kier molecular flexibility index (Phi) is 2.23. The number of ether oxygens (including phenoxy) is 1. The van der Waals surface area contributed by atoms with Gasteiger partial charge in [0.2, 0.25) is 0 Å². The van der Waals surface area contributed by atoms with Gasteiger partial charge in [0.15, 0.2) is 0 Å². The fourth-order valence-corrected chi connectivity index (χ4v) is 1.65. The van der Waals surface area contributed by atoms with Gasteiger partial charge in [-0.15, -0.1) is 0 Å². The maximum Gasteiger partial charge on any atom is 0.273 e.